The van der Waals surface area contributed by atoms with Crippen LogP contribution < -0.4 is 5.73 Å². The van der Waals surface area contributed by atoms with Gasteiger partial charge in [-0.25, -0.2) is 4.98 Å². The molecule has 4 heteroatoms. The second-order valence-electron chi connectivity index (χ2n) is 4.19. The summed E-state index contributed by atoms with van der Waals surface area (Å²) in [4.78, 5) is 15.8. The minimum Gasteiger partial charge on any atom is -0.364 e. The van der Waals surface area contributed by atoms with Crippen LogP contribution in [-0.4, -0.2) is 15.3 Å². The third kappa shape index (κ3) is 1.46. The normalized spacial score (nSPS) is 11.2. The Morgan fingerprint density at radius 1 is 1.44 bits per heavy atom. The van der Waals surface area contributed by atoms with Gasteiger partial charge in [-0.3, -0.25) is 9.20 Å². The van der Waals surface area contributed by atoms with E-state index >= 15 is 0 Å². The van der Waals surface area contributed by atoms with E-state index in [4.69, 9.17) is 5.73 Å². The first-order valence-electron chi connectivity index (χ1n) is 5.30. The van der Waals surface area contributed by atoms with Crippen LogP contribution in [0.5, 0.6) is 0 Å². The van der Waals surface area contributed by atoms with Gasteiger partial charge < -0.3 is 5.73 Å². The van der Waals surface area contributed by atoms with E-state index in [-0.39, 0.29) is 0 Å². The molecule has 0 fully saturated rings. The van der Waals surface area contributed by atoms with E-state index < -0.39 is 5.91 Å². The fourth-order valence-corrected chi connectivity index (χ4v) is 1.96. The van der Waals surface area contributed by atoms with E-state index in [2.05, 4.69) is 18.8 Å². The first-order chi connectivity index (χ1) is 7.52. The number of aryl methyl sites for hydroxylation is 1. The van der Waals surface area contributed by atoms with E-state index in [0.29, 0.717) is 11.6 Å². The molecule has 2 N–H and O–H groups in total. The van der Waals surface area contributed by atoms with E-state index in [1.165, 1.54) is 0 Å². The Kier molecular flexibility index (Phi) is 2.42. The molecule has 0 radical (unpaired) electrons. The van der Waals surface area contributed by atoms with E-state index in [1.54, 1.807) is 6.07 Å². The molecule has 16 heavy (non-hydrogen) atoms. The SMILES string of the molecule is Cc1nc(C(C)C)c2cccc(C(N)=O)n12. The van der Waals surface area contributed by atoms with Crippen LogP contribution in [0, 0.1) is 6.92 Å². The lowest BCUT2D eigenvalue weighted by Gasteiger charge is -2.04. The number of imidazole rings is 1. The monoisotopic (exact) mass is 217 g/mol. The van der Waals surface area contributed by atoms with Gasteiger partial charge in [0.25, 0.3) is 5.91 Å². The highest BCUT2D eigenvalue weighted by atomic mass is 16.1. The molecule has 4 nitrogen and oxygen atoms in total. The third-order valence-electron chi connectivity index (χ3n) is 2.66. The molecule has 0 spiro atoms. The zero-order chi connectivity index (χ0) is 11.9. The number of primary amides is 1. The van der Waals surface area contributed by atoms with Crippen LogP contribution in [0.25, 0.3) is 5.52 Å². The van der Waals surface area contributed by atoms with Crippen molar-refractivity contribution < 1.29 is 4.79 Å². The van der Waals surface area contributed by atoms with Gasteiger partial charge in [-0.05, 0) is 25.0 Å². The standard InChI is InChI=1S/C12H15N3O/c1-7(2)11-9-5-4-6-10(12(13)16)15(9)8(3)14-11/h4-7H,1-3H3,(H2,13,16). The number of carbonyl (C=O) groups is 1. The summed E-state index contributed by atoms with van der Waals surface area (Å²) in [6.07, 6.45) is 0. The number of fused-ring (bicyclic) bond motifs is 1. The lowest BCUT2D eigenvalue weighted by atomic mass is 10.1. The highest BCUT2D eigenvalue weighted by molar-refractivity contribution is 5.92. The molecule has 0 aliphatic heterocycles. The van der Waals surface area contributed by atoms with E-state index in [9.17, 15) is 4.79 Å². The summed E-state index contributed by atoms with van der Waals surface area (Å²) in [6.45, 7) is 6.04. The maximum absolute atomic E-state index is 11.3. The van der Waals surface area contributed by atoms with Gasteiger partial charge in [0.2, 0.25) is 0 Å². The Bertz CT molecular complexity index is 555. The Morgan fingerprint density at radius 2 is 2.12 bits per heavy atom. The van der Waals surface area contributed by atoms with Crippen LogP contribution in [0.15, 0.2) is 18.2 Å². The van der Waals surface area contributed by atoms with Gasteiger partial charge in [0.1, 0.15) is 11.5 Å². The average molecular weight is 217 g/mol. The van der Waals surface area contributed by atoms with Crippen molar-refractivity contribution in [3.05, 3.63) is 35.4 Å². The van der Waals surface area contributed by atoms with Crippen molar-refractivity contribution in [2.45, 2.75) is 26.7 Å². The van der Waals surface area contributed by atoms with Crippen LogP contribution in [0.4, 0.5) is 0 Å². The average Bonchev–Trinajstić information content (AvgIpc) is 2.56. The summed E-state index contributed by atoms with van der Waals surface area (Å²) < 4.78 is 1.82. The minimum absolute atomic E-state index is 0.326. The number of hydrogen-bond donors (Lipinski definition) is 1. The van der Waals surface area contributed by atoms with Gasteiger partial charge in [-0.15, -0.1) is 0 Å². The van der Waals surface area contributed by atoms with Crippen LogP contribution in [0.2, 0.25) is 0 Å². The van der Waals surface area contributed by atoms with Gasteiger partial charge in [0.05, 0.1) is 11.2 Å². The van der Waals surface area contributed by atoms with Crippen molar-refractivity contribution in [1.29, 1.82) is 0 Å². The molecule has 84 valence electrons. The van der Waals surface area contributed by atoms with Gasteiger partial charge in [-0.1, -0.05) is 19.9 Å². The van der Waals surface area contributed by atoms with Crippen molar-refractivity contribution >= 4 is 11.4 Å². The zero-order valence-electron chi connectivity index (χ0n) is 9.69. The summed E-state index contributed by atoms with van der Waals surface area (Å²) in [5.41, 5.74) is 7.79. The molecule has 2 heterocycles. The second-order valence-corrected chi connectivity index (χ2v) is 4.19. The van der Waals surface area contributed by atoms with Gasteiger partial charge in [0, 0.05) is 0 Å². The highest BCUT2D eigenvalue weighted by Gasteiger charge is 2.15. The predicted molar refractivity (Wildman–Crippen MR) is 62.5 cm³/mol. The Morgan fingerprint density at radius 3 is 2.69 bits per heavy atom. The van der Waals surface area contributed by atoms with Crippen molar-refractivity contribution in [1.82, 2.24) is 9.38 Å². The first-order valence-corrected chi connectivity index (χ1v) is 5.30. The number of carbonyl (C=O) groups excluding carboxylic acids is 1. The molecule has 0 atom stereocenters. The number of pyridine rings is 1. The molecule has 2 aromatic heterocycles. The molecule has 0 aliphatic rings. The molecule has 0 saturated heterocycles. The highest BCUT2D eigenvalue weighted by Crippen LogP contribution is 2.22. The molecule has 0 aromatic carbocycles. The van der Waals surface area contributed by atoms with Crippen molar-refractivity contribution in [3.63, 3.8) is 0 Å². The van der Waals surface area contributed by atoms with E-state index in [1.807, 2.05) is 23.5 Å². The van der Waals surface area contributed by atoms with Gasteiger partial charge >= 0.3 is 0 Å². The quantitative estimate of drug-likeness (QED) is 0.834. The molecule has 2 rings (SSSR count). The lowest BCUT2D eigenvalue weighted by molar-refractivity contribution is 0.0994. The first kappa shape index (κ1) is 10.7. The van der Waals surface area contributed by atoms with E-state index in [0.717, 1.165) is 17.0 Å². The van der Waals surface area contributed by atoms with Crippen molar-refractivity contribution in [2.75, 3.05) is 0 Å². The number of rotatable bonds is 2. The number of hydrogen-bond acceptors (Lipinski definition) is 2. The van der Waals surface area contributed by atoms with Crippen LogP contribution in [0.3, 0.4) is 0 Å². The third-order valence-corrected chi connectivity index (χ3v) is 2.66. The Hall–Kier alpha value is -1.84. The maximum Gasteiger partial charge on any atom is 0.265 e. The largest absolute Gasteiger partial charge is 0.364 e. The zero-order valence-corrected chi connectivity index (χ0v) is 9.69. The van der Waals surface area contributed by atoms with Gasteiger partial charge in [0.15, 0.2) is 0 Å². The molecule has 0 aliphatic carbocycles. The molecule has 2 aromatic rings. The summed E-state index contributed by atoms with van der Waals surface area (Å²) in [7, 11) is 0. The second kappa shape index (κ2) is 3.63. The maximum atomic E-state index is 11.3. The topological polar surface area (TPSA) is 60.4 Å². The number of nitrogens with zero attached hydrogens (tertiary/aromatic N) is 2. The molecular weight excluding hydrogens is 202 g/mol. The van der Waals surface area contributed by atoms with Crippen molar-refractivity contribution in [2.24, 2.45) is 5.73 Å². The minimum atomic E-state index is -0.429. The predicted octanol–water partition coefficient (Wildman–Crippen LogP) is 1.87. The Balaban J connectivity index is 2.84. The molecular formula is C12H15N3O. The number of amides is 1. The van der Waals surface area contributed by atoms with Crippen LogP contribution >= 0.6 is 0 Å². The molecule has 0 bridgehead atoms. The fraction of sp³-hybridized carbons (Fsp3) is 0.333. The summed E-state index contributed by atoms with van der Waals surface area (Å²) in [6, 6.07) is 5.51. The molecule has 0 unspecified atom stereocenters. The summed E-state index contributed by atoms with van der Waals surface area (Å²) in [5.74, 6) is 0.696. The Labute approximate surface area is 94.1 Å². The summed E-state index contributed by atoms with van der Waals surface area (Å²) in [5, 5.41) is 0. The molecule has 0 saturated carbocycles. The molecule has 1 amide bonds. The number of nitrogens with two attached hydrogens (primary N) is 1. The smallest absolute Gasteiger partial charge is 0.265 e. The van der Waals surface area contributed by atoms with Gasteiger partial charge in [-0.2, -0.15) is 0 Å². The lowest BCUT2D eigenvalue weighted by Crippen LogP contribution is -2.15. The van der Waals surface area contributed by atoms with Crippen LogP contribution in [0.1, 0.15) is 41.8 Å². The summed E-state index contributed by atoms with van der Waals surface area (Å²) >= 11 is 0. The fourth-order valence-electron chi connectivity index (χ4n) is 1.96. The van der Waals surface area contributed by atoms with Crippen LogP contribution in [-0.2, 0) is 0 Å². The number of aromatic nitrogens is 2. The van der Waals surface area contributed by atoms with Crippen molar-refractivity contribution in [3.8, 4) is 0 Å².